The lowest BCUT2D eigenvalue weighted by Gasteiger charge is -2.16. The molecule has 0 aromatic heterocycles. The van der Waals surface area contributed by atoms with Gasteiger partial charge in [0.05, 0.1) is 71.5 Å². The average Bonchev–Trinajstić information content (AvgIpc) is 3.45. The Morgan fingerprint density at radius 1 is 0.825 bits per heavy atom. The van der Waals surface area contributed by atoms with Crippen LogP contribution in [0.1, 0.15) is 32.1 Å². The van der Waals surface area contributed by atoms with Crippen LogP contribution >= 0.6 is 19.6 Å². The van der Waals surface area contributed by atoms with Gasteiger partial charge in [-0.1, -0.05) is 6.42 Å². The number of carbonyl (C=O) groups excluding carboxylic acids is 3. The van der Waals surface area contributed by atoms with Crippen molar-refractivity contribution >= 4 is 37.4 Å². The van der Waals surface area contributed by atoms with Crippen LogP contribution in [0.25, 0.3) is 0 Å². The van der Waals surface area contributed by atoms with Gasteiger partial charge in [0.1, 0.15) is 0 Å². The minimum Gasteiger partial charge on any atom is -0.379 e. The Balaban J connectivity index is 1.25. The molecule has 6 N–H and O–H groups in total. The number of unbranched alkanes of at least 4 members (excludes halogenated alkanes) is 1. The third-order valence-electron chi connectivity index (χ3n) is 5.92. The van der Waals surface area contributed by atoms with Gasteiger partial charge in [-0.3, -0.25) is 14.1 Å². The molecule has 4 amide bonds. The number of nitrogens with one attached hydrogen (secondary N) is 4. The molecular weight excluding hydrogens is 571 g/mol. The summed E-state index contributed by atoms with van der Waals surface area (Å²) in [6.45, 7) is 3.09. The molecule has 40 heavy (non-hydrogen) atoms. The lowest BCUT2D eigenvalue weighted by Crippen LogP contribution is -2.36. The highest BCUT2D eigenvalue weighted by atomic mass is 32.2. The first-order chi connectivity index (χ1) is 19.2. The van der Waals surface area contributed by atoms with Gasteiger partial charge in [0.25, 0.3) is 0 Å². The number of hydrogen-bond donors (Lipinski definition) is 6. The Morgan fingerprint density at radius 3 is 2.05 bits per heavy atom. The first-order valence-corrected chi connectivity index (χ1v) is 16.1. The fourth-order valence-electron chi connectivity index (χ4n) is 4.00. The maximum Gasteiger partial charge on any atom is 0.469 e. The van der Waals surface area contributed by atoms with Crippen molar-refractivity contribution in [2.75, 3.05) is 78.3 Å². The first-order valence-electron chi connectivity index (χ1n) is 13.5. The SMILES string of the molecule is O=C(CCCCC1SCC2NC(=O)NC21)NCCOCCOCCOCCOCCC(=O)NCCOP(=O)(O)O. The lowest BCUT2D eigenvalue weighted by atomic mass is 10.0. The molecule has 0 aromatic rings. The smallest absolute Gasteiger partial charge is 0.379 e. The highest BCUT2D eigenvalue weighted by molar-refractivity contribution is 8.00. The molecule has 2 aliphatic rings. The predicted molar refractivity (Wildman–Crippen MR) is 146 cm³/mol. The zero-order valence-electron chi connectivity index (χ0n) is 22.7. The number of hydrogen-bond acceptors (Lipinski definition) is 10. The Hall–Kier alpha value is -1.49. The number of fused-ring (bicyclic) bond motifs is 1. The zero-order valence-corrected chi connectivity index (χ0v) is 24.4. The highest BCUT2D eigenvalue weighted by Gasteiger charge is 2.42. The number of urea groups is 1. The molecule has 17 heteroatoms. The number of thioether (sulfide) groups is 1. The van der Waals surface area contributed by atoms with E-state index in [0.717, 1.165) is 25.0 Å². The molecule has 15 nitrogen and oxygen atoms in total. The summed E-state index contributed by atoms with van der Waals surface area (Å²) in [5.41, 5.74) is 0. The van der Waals surface area contributed by atoms with Gasteiger partial charge in [-0.05, 0) is 12.8 Å². The van der Waals surface area contributed by atoms with Crippen molar-refractivity contribution in [1.29, 1.82) is 0 Å². The van der Waals surface area contributed by atoms with Crippen LogP contribution in [0.5, 0.6) is 0 Å². The van der Waals surface area contributed by atoms with E-state index in [-0.39, 0.29) is 56.1 Å². The molecule has 2 rings (SSSR count). The minimum atomic E-state index is -4.52. The zero-order chi connectivity index (χ0) is 29.1. The van der Waals surface area contributed by atoms with Crippen molar-refractivity contribution in [2.45, 2.75) is 49.4 Å². The molecular formula is C23H43N4O11PS. The average molecular weight is 615 g/mol. The molecule has 0 bridgehead atoms. The van der Waals surface area contributed by atoms with E-state index in [1.807, 2.05) is 11.8 Å². The molecule has 0 radical (unpaired) electrons. The molecule has 0 aromatic carbocycles. The molecule has 2 fully saturated rings. The van der Waals surface area contributed by atoms with Crippen molar-refractivity contribution in [2.24, 2.45) is 0 Å². The molecule has 0 aliphatic carbocycles. The van der Waals surface area contributed by atoms with Crippen LogP contribution in [0.2, 0.25) is 0 Å². The van der Waals surface area contributed by atoms with Crippen LogP contribution in [0.4, 0.5) is 4.79 Å². The lowest BCUT2D eigenvalue weighted by molar-refractivity contribution is -0.122. The van der Waals surface area contributed by atoms with Gasteiger partial charge in [-0.2, -0.15) is 11.8 Å². The van der Waals surface area contributed by atoms with E-state index >= 15 is 0 Å². The third kappa shape index (κ3) is 16.7. The van der Waals surface area contributed by atoms with Crippen LogP contribution in [0, 0.1) is 0 Å². The van der Waals surface area contributed by atoms with Crippen LogP contribution in [0.15, 0.2) is 0 Å². The van der Waals surface area contributed by atoms with E-state index in [4.69, 9.17) is 28.7 Å². The summed E-state index contributed by atoms with van der Waals surface area (Å²) in [6, 6.07) is 0.369. The van der Waals surface area contributed by atoms with Crippen LogP contribution in [-0.2, 0) is 37.6 Å². The van der Waals surface area contributed by atoms with E-state index in [1.165, 1.54) is 0 Å². The first kappa shape index (κ1) is 34.7. The summed E-state index contributed by atoms with van der Waals surface area (Å²) in [6.07, 6.45) is 3.37. The van der Waals surface area contributed by atoms with Crippen LogP contribution in [0.3, 0.4) is 0 Å². The number of carbonyl (C=O) groups is 3. The Morgan fingerprint density at radius 2 is 1.40 bits per heavy atom. The van der Waals surface area contributed by atoms with Gasteiger partial charge in [0.2, 0.25) is 11.8 Å². The van der Waals surface area contributed by atoms with Gasteiger partial charge in [-0.25, -0.2) is 9.36 Å². The van der Waals surface area contributed by atoms with E-state index in [1.54, 1.807) is 0 Å². The fraction of sp³-hybridized carbons (Fsp3) is 0.870. The molecule has 2 saturated heterocycles. The molecule has 2 aliphatic heterocycles. The molecule has 3 atom stereocenters. The summed E-state index contributed by atoms with van der Waals surface area (Å²) < 4.78 is 36.2. The van der Waals surface area contributed by atoms with Gasteiger partial charge in [0.15, 0.2) is 0 Å². The van der Waals surface area contributed by atoms with Crippen molar-refractivity contribution in [3.8, 4) is 0 Å². The predicted octanol–water partition coefficient (Wildman–Crippen LogP) is -0.490. The maximum atomic E-state index is 12.0. The summed E-state index contributed by atoms with van der Waals surface area (Å²) in [7, 11) is -4.52. The summed E-state index contributed by atoms with van der Waals surface area (Å²) in [5.74, 6) is 0.654. The van der Waals surface area contributed by atoms with E-state index in [0.29, 0.717) is 64.5 Å². The monoisotopic (exact) mass is 614 g/mol. The molecule has 232 valence electrons. The molecule has 2 heterocycles. The number of rotatable bonds is 24. The van der Waals surface area contributed by atoms with E-state index < -0.39 is 7.82 Å². The highest BCUT2D eigenvalue weighted by Crippen LogP contribution is 2.35. The van der Waals surface area contributed by atoms with Crippen LogP contribution < -0.4 is 21.3 Å². The largest absolute Gasteiger partial charge is 0.469 e. The number of ether oxygens (including phenoxy) is 4. The summed E-state index contributed by atoms with van der Waals surface area (Å²) in [4.78, 5) is 51.9. The van der Waals surface area contributed by atoms with Gasteiger partial charge >= 0.3 is 13.9 Å². The normalized spacial score (nSPS) is 20.1. The third-order valence-corrected chi connectivity index (χ3v) is 7.95. The second kappa shape index (κ2) is 20.4. The number of phosphoric acid groups is 1. The van der Waals surface area contributed by atoms with Gasteiger partial charge < -0.3 is 50.0 Å². The van der Waals surface area contributed by atoms with Crippen LogP contribution in [-0.4, -0.2) is 123 Å². The summed E-state index contributed by atoms with van der Waals surface area (Å²) in [5, 5.41) is 11.6. The second-order valence-electron chi connectivity index (χ2n) is 9.09. The molecule has 0 spiro atoms. The maximum absolute atomic E-state index is 12.0. The van der Waals surface area contributed by atoms with Crippen molar-refractivity contribution in [3.05, 3.63) is 0 Å². The summed E-state index contributed by atoms with van der Waals surface area (Å²) >= 11 is 1.89. The number of amides is 4. The quantitative estimate of drug-likeness (QED) is 0.0463. The van der Waals surface area contributed by atoms with E-state index in [2.05, 4.69) is 25.8 Å². The molecule has 0 saturated carbocycles. The van der Waals surface area contributed by atoms with Crippen molar-refractivity contribution in [3.63, 3.8) is 0 Å². The number of phosphoric ester groups is 1. The standard InChI is InChI=1S/C23H43N4O11PS/c28-20(4-2-1-3-19-22-18(17-40-19)26-23(30)27-22)24-6-9-35-12-14-37-16-15-36-13-11-34-8-5-21(29)25-7-10-38-39(31,32)33/h18-19,22H,1-17H2,(H,24,28)(H,25,29)(H2,26,27,30)(H2,31,32,33). The van der Waals surface area contributed by atoms with Gasteiger partial charge in [0, 0.05) is 36.9 Å². The topological polar surface area (TPSA) is 203 Å². The second-order valence-corrected chi connectivity index (χ2v) is 11.6. The fourth-order valence-corrected chi connectivity index (χ4v) is 5.87. The Kier molecular flexibility index (Phi) is 17.7. The van der Waals surface area contributed by atoms with Gasteiger partial charge in [-0.15, -0.1) is 0 Å². The molecule has 3 unspecified atom stereocenters. The van der Waals surface area contributed by atoms with E-state index in [9.17, 15) is 18.9 Å². The van der Waals surface area contributed by atoms with Crippen molar-refractivity contribution in [1.82, 2.24) is 21.3 Å². The minimum absolute atomic E-state index is 0.00124. The Bertz CT molecular complexity index is 807. The Labute approximate surface area is 238 Å². The van der Waals surface area contributed by atoms with Crippen molar-refractivity contribution < 1.29 is 52.2 Å².